The monoisotopic (exact) mass is 308 g/mol. The van der Waals surface area contributed by atoms with Gasteiger partial charge in [-0.25, -0.2) is 0 Å². The third-order valence-electron chi connectivity index (χ3n) is 3.43. The van der Waals surface area contributed by atoms with Crippen LogP contribution in [0.3, 0.4) is 0 Å². The summed E-state index contributed by atoms with van der Waals surface area (Å²) in [7, 11) is 0. The van der Waals surface area contributed by atoms with Crippen LogP contribution in [-0.4, -0.2) is 17.6 Å². The van der Waals surface area contributed by atoms with Crippen molar-refractivity contribution in [1.29, 1.82) is 5.26 Å². The summed E-state index contributed by atoms with van der Waals surface area (Å²) in [5.41, 5.74) is 1.35. The Labute approximate surface area is 130 Å². The molecule has 0 aromatic heterocycles. The fourth-order valence-corrected chi connectivity index (χ4v) is 2.53. The van der Waals surface area contributed by atoms with E-state index in [2.05, 4.69) is 12.2 Å². The maximum Gasteiger partial charge on any atom is 0.303 e. The average Bonchev–Trinajstić information content (AvgIpc) is 2.45. The number of hydrogen-bond acceptors (Lipinski definition) is 3. The third kappa shape index (κ3) is 6.50. The fourth-order valence-electron chi connectivity index (χ4n) is 2.31. The first kappa shape index (κ1) is 17.3. The van der Waals surface area contributed by atoms with Gasteiger partial charge in [-0.15, -0.1) is 0 Å². The Hall–Kier alpha value is -1.73. The minimum atomic E-state index is -0.733. The van der Waals surface area contributed by atoms with E-state index < -0.39 is 5.97 Å². The van der Waals surface area contributed by atoms with Crippen LogP contribution >= 0.6 is 11.6 Å². The molecule has 0 heterocycles. The van der Waals surface area contributed by atoms with Crippen molar-refractivity contribution in [2.75, 3.05) is 11.9 Å². The van der Waals surface area contributed by atoms with E-state index in [1.807, 2.05) is 12.1 Å². The standard InChI is InChI=1S/C16H21ClN2O2/c1-2-3-12(4-7-16(20)21)8-9-19-14-6-5-13(11-18)15(17)10-14/h5-6,10,12,19H,2-4,7-9H2,1H3,(H,20,21). The minimum Gasteiger partial charge on any atom is -0.481 e. The van der Waals surface area contributed by atoms with Crippen LogP contribution in [-0.2, 0) is 4.79 Å². The minimum absolute atomic E-state index is 0.230. The first-order chi connectivity index (χ1) is 10.1. The summed E-state index contributed by atoms with van der Waals surface area (Å²) in [6, 6.07) is 7.29. The maximum absolute atomic E-state index is 10.6. The van der Waals surface area contributed by atoms with Crippen molar-refractivity contribution in [1.82, 2.24) is 0 Å². The van der Waals surface area contributed by atoms with Gasteiger partial charge in [0, 0.05) is 18.7 Å². The topological polar surface area (TPSA) is 73.1 Å². The van der Waals surface area contributed by atoms with Crippen LogP contribution in [0.15, 0.2) is 18.2 Å². The molecule has 0 saturated heterocycles. The van der Waals surface area contributed by atoms with E-state index in [1.54, 1.807) is 12.1 Å². The Balaban J connectivity index is 2.44. The highest BCUT2D eigenvalue weighted by Gasteiger charge is 2.10. The lowest BCUT2D eigenvalue weighted by atomic mass is 9.94. The van der Waals surface area contributed by atoms with Crippen LogP contribution in [0.25, 0.3) is 0 Å². The van der Waals surface area contributed by atoms with Gasteiger partial charge < -0.3 is 10.4 Å². The van der Waals surface area contributed by atoms with Gasteiger partial charge in [-0.05, 0) is 37.0 Å². The smallest absolute Gasteiger partial charge is 0.303 e. The second-order valence-electron chi connectivity index (χ2n) is 5.11. The summed E-state index contributed by atoms with van der Waals surface area (Å²) in [6.45, 7) is 2.88. The van der Waals surface area contributed by atoms with Crippen LogP contribution in [0.4, 0.5) is 5.69 Å². The molecule has 0 aliphatic heterocycles. The van der Waals surface area contributed by atoms with E-state index in [0.717, 1.165) is 37.9 Å². The third-order valence-corrected chi connectivity index (χ3v) is 3.75. The molecule has 114 valence electrons. The maximum atomic E-state index is 10.6. The summed E-state index contributed by atoms with van der Waals surface area (Å²) in [5.74, 6) is -0.310. The molecule has 1 aromatic rings. The van der Waals surface area contributed by atoms with Gasteiger partial charge in [0.25, 0.3) is 0 Å². The van der Waals surface area contributed by atoms with Crippen molar-refractivity contribution < 1.29 is 9.90 Å². The van der Waals surface area contributed by atoms with E-state index in [-0.39, 0.29) is 6.42 Å². The molecule has 5 heteroatoms. The molecule has 0 amide bonds. The average molecular weight is 309 g/mol. The predicted molar refractivity (Wildman–Crippen MR) is 84.5 cm³/mol. The van der Waals surface area contributed by atoms with E-state index in [1.165, 1.54) is 0 Å². The first-order valence-corrected chi connectivity index (χ1v) is 7.60. The van der Waals surface area contributed by atoms with Crippen molar-refractivity contribution in [2.45, 2.75) is 39.0 Å². The Morgan fingerprint density at radius 3 is 2.76 bits per heavy atom. The van der Waals surface area contributed by atoms with Gasteiger partial charge in [0.15, 0.2) is 0 Å². The quantitative estimate of drug-likeness (QED) is 0.713. The molecule has 1 atom stereocenters. The molecule has 0 aliphatic rings. The van der Waals surface area contributed by atoms with E-state index in [9.17, 15) is 4.79 Å². The summed E-state index contributed by atoms with van der Waals surface area (Å²) in [4.78, 5) is 10.6. The number of nitriles is 1. The Bertz CT molecular complexity index is 511. The largest absolute Gasteiger partial charge is 0.481 e. The van der Waals surface area contributed by atoms with Gasteiger partial charge >= 0.3 is 5.97 Å². The summed E-state index contributed by atoms with van der Waals surface area (Å²) >= 11 is 5.98. The molecule has 0 radical (unpaired) electrons. The van der Waals surface area contributed by atoms with Crippen molar-refractivity contribution in [3.8, 4) is 6.07 Å². The number of nitrogens with zero attached hydrogens (tertiary/aromatic N) is 1. The van der Waals surface area contributed by atoms with E-state index in [4.69, 9.17) is 22.0 Å². The molecule has 0 saturated carbocycles. The van der Waals surface area contributed by atoms with Crippen molar-refractivity contribution in [3.05, 3.63) is 28.8 Å². The van der Waals surface area contributed by atoms with Gasteiger partial charge in [0.2, 0.25) is 0 Å². The van der Waals surface area contributed by atoms with Crippen LogP contribution in [0.1, 0.15) is 44.6 Å². The molecule has 0 aliphatic carbocycles. The molecule has 0 fully saturated rings. The fraction of sp³-hybridized carbons (Fsp3) is 0.500. The lowest BCUT2D eigenvalue weighted by Crippen LogP contribution is -2.11. The number of halogens is 1. The molecule has 0 bridgehead atoms. The second-order valence-corrected chi connectivity index (χ2v) is 5.52. The highest BCUT2D eigenvalue weighted by molar-refractivity contribution is 6.32. The predicted octanol–water partition coefficient (Wildman–Crippen LogP) is 4.29. The molecule has 1 unspecified atom stereocenters. The highest BCUT2D eigenvalue weighted by atomic mass is 35.5. The number of carboxylic acid groups (broad SMARTS) is 1. The number of anilines is 1. The number of carboxylic acids is 1. The summed E-state index contributed by atoms with van der Waals surface area (Å²) in [5, 5.41) is 21.3. The van der Waals surface area contributed by atoms with Gasteiger partial charge in [-0.3, -0.25) is 4.79 Å². The summed E-state index contributed by atoms with van der Waals surface area (Å²) in [6.07, 6.45) is 3.99. The van der Waals surface area contributed by atoms with E-state index in [0.29, 0.717) is 16.5 Å². The number of carbonyl (C=O) groups is 1. The first-order valence-electron chi connectivity index (χ1n) is 7.22. The van der Waals surface area contributed by atoms with Crippen molar-refractivity contribution >= 4 is 23.3 Å². The molecule has 1 aromatic carbocycles. The van der Waals surface area contributed by atoms with Crippen LogP contribution in [0, 0.1) is 17.2 Å². The van der Waals surface area contributed by atoms with E-state index >= 15 is 0 Å². The Kier molecular flexibility index (Phi) is 7.63. The SMILES string of the molecule is CCCC(CCNc1ccc(C#N)c(Cl)c1)CCC(=O)O. The molecule has 0 spiro atoms. The molecule has 4 nitrogen and oxygen atoms in total. The van der Waals surface area contributed by atoms with Crippen molar-refractivity contribution in [2.24, 2.45) is 5.92 Å². The second kappa shape index (κ2) is 9.25. The Morgan fingerprint density at radius 2 is 2.19 bits per heavy atom. The number of hydrogen-bond donors (Lipinski definition) is 2. The van der Waals surface area contributed by atoms with Crippen molar-refractivity contribution in [3.63, 3.8) is 0 Å². The van der Waals surface area contributed by atoms with Gasteiger partial charge in [0.1, 0.15) is 6.07 Å². The van der Waals surface area contributed by atoms with Crippen LogP contribution in [0.2, 0.25) is 5.02 Å². The van der Waals surface area contributed by atoms with Crippen LogP contribution in [0.5, 0.6) is 0 Å². The summed E-state index contributed by atoms with van der Waals surface area (Å²) < 4.78 is 0. The molecular weight excluding hydrogens is 288 g/mol. The zero-order chi connectivity index (χ0) is 15.7. The van der Waals surface area contributed by atoms with Gasteiger partial charge in [-0.2, -0.15) is 5.26 Å². The lowest BCUT2D eigenvalue weighted by molar-refractivity contribution is -0.137. The zero-order valence-electron chi connectivity index (χ0n) is 12.2. The molecule has 21 heavy (non-hydrogen) atoms. The Morgan fingerprint density at radius 1 is 1.43 bits per heavy atom. The van der Waals surface area contributed by atoms with Gasteiger partial charge in [-0.1, -0.05) is 31.4 Å². The number of aliphatic carboxylic acids is 1. The number of rotatable bonds is 9. The number of nitrogens with one attached hydrogen (secondary N) is 1. The lowest BCUT2D eigenvalue weighted by Gasteiger charge is -2.16. The normalized spacial score (nSPS) is 11.7. The molecular formula is C16H21ClN2O2. The highest BCUT2D eigenvalue weighted by Crippen LogP contribution is 2.21. The molecule has 2 N–H and O–H groups in total. The van der Waals surface area contributed by atoms with Gasteiger partial charge in [0.05, 0.1) is 10.6 Å². The van der Waals surface area contributed by atoms with Crippen LogP contribution < -0.4 is 5.32 Å². The number of benzene rings is 1. The zero-order valence-corrected chi connectivity index (χ0v) is 13.0. The molecule has 1 rings (SSSR count).